The summed E-state index contributed by atoms with van der Waals surface area (Å²) in [6.07, 6.45) is -2.58. The first-order chi connectivity index (χ1) is 11.3. The number of rotatable bonds is 4. The molecule has 24 heavy (non-hydrogen) atoms. The second kappa shape index (κ2) is 6.47. The highest BCUT2D eigenvalue weighted by molar-refractivity contribution is 5.71. The van der Waals surface area contributed by atoms with E-state index in [-0.39, 0.29) is 23.7 Å². The van der Waals surface area contributed by atoms with Gasteiger partial charge in [0.05, 0.1) is 11.3 Å². The minimum atomic E-state index is -4.35. The van der Waals surface area contributed by atoms with E-state index in [1.165, 1.54) is 6.07 Å². The van der Waals surface area contributed by atoms with Gasteiger partial charge in [0.2, 0.25) is 0 Å². The lowest BCUT2D eigenvalue weighted by Crippen LogP contribution is -2.38. The highest BCUT2D eigenvalue weighted by atomic mass is 19.4. The lowest BCUT2D eigenvalue weighted by Gasteiger charge is -2.26. The van der Waals surface area contributed by atoms with Crippen molar-refractivity contribution in [1.82, 2.24) is 5.32 Å². The first kappa shape index (κ1) is 17.4. The summed E-state index contributed by atoms with van der Waals surface area (Å²) in [5.41, 5.74) is 1.10. The fourth-order valence-electron chi connectivity index (χ4n) is 4.02. The third kappa shape index (κ3) is 3.48. The van der Waals surface area contributed by atoms with Crippen LogP contribution in [0.1, 0.15) is 50.7 Å². The van der Waals surface area contributed by atoms with E-state index < -0.39 is 11.7 Å². The molecule has 6 heteroatoms. The van der Waals surface area contributed by atoms with Gasteiger partial charge in [0.1, 0.15) is 0 Å². The van der Waals surface area contributed by atoms with Crippen LogP contribution in [0, 0.1) is 5.92 Å². The monoisotopic (exact) mass is 341 g/mol. The summed E-state index contributed by atoms with van der Waals surface area (Å²) in [4.78, 5) is 0. The van der Waals surface area contributed by atoms with E-state index in [9.17, 15) is 13.2 Å². The normalized spacial score (nSPS) is 24.3. The molecule has 134 valence electrons. The van der Waals surface area contributed by atoms with Crippen molar-refractivity contribution >= 4 is 11.4 Å². The van der Waals surface area contributed by atoms with E-state index in [0.717, 1.165) is 31.5 Å². The van der Waals surface area contributed by atoms with Gasteiger partial charge in [-0.05, 0) is 49.9 Å². The maximum absolute atomic E-state index is 13.6. The average molecular weight is 341 g/mol. The largest absolute Gasteiger partial charge is 0.418 e. The Labute approximate surface area is 141 Å². The van der Waals surface area contributed by atoms with E-state index in [1.54, 1.807) is 0 Å². The van der Waals surface area contributed by atoms with E-state index in [4.69, 9.17) is 0 Å². The minimum absolute atomic E-state index is 0.102. The molecule has 0 bridgehead atoms. The van der Waals surface area contributed by atoms with E-state index in [1.807, 2.05) is 13.0 Å². The Morgan fingerprint density at radius 2 is 2.00 bits per heavy atom. The molecular formula is C18H26F3N3. The van der Waals surface area contributed by atoms with Gasteiger partial charge < -0.3 is 16.0 Å². The molecule has 1 saturated heterocycles. The maximum Gasteiger partial charge on any atom is 0.418 e. The van der Waals surface area contributed by atoms with E-state index in [2.05, 4.69) is 29.8 Å². The highest BCUT2D eigenvalue weighted by Gasteiger charge is 2.42. The maximum atomic E-state index is 13.6. The van der Waals surface area contributed by atoms with Crippen LogP contribution in [-0.4, -0.2) is 25.2 Å². The average Bonchev–Trinajstić information content (AvgIpc) is 2.83. The third-order valence-electron chi connectivity index (χ3n) is 4.92. The summed E-state index contributed by atoms with van der Waals surface area (Å²) < 4.78 is 40.7. The van der Waals surface area contributed by atoms with Crippen molar-refractivity contribution in [2.75, 3.05) is 23.7 Å². The van der Waals surface area contributed by atoms with Crippen molar-refractivity contribution in [2.45, 2.75) is 57.8 Å². The van der Waals surface area contributed by atoms with Crippen LogP contribution in [0.2, 0.25) is 0 Å². The third-order valence-corrected chi connectivity index (χ3v) is 4.92. The number of piperidine rings is 1. The van der Waals surface area contributed by atoms with Crippen LogP contribution in [0.15, 0.2) is 12.1 Å². The molecule has 0 aromatic heterocycles. The van der Waals surface area contributed by atoms with Crippen molar-refractivity contribution in [1.29, 1.82) is 0 Å². The van der Waals surface area contributed by atoms with Crippen LogP contribution < -0.4 is 16.0 Å². The summed E-state index contributed by atoms with van der Waals surface area (Å²) in [6.45, 7) is 7.82. The van der Waals surface area contributed by atoms with Gasteiger partial charge in [-0.15, -0.1) is 0 Å². The molecule has 1 aromatic carbocycles. The molecular weight excluding hydrogens is 315 g/mol. The molecule has 0 radical (unpaired) electrons. The van der Waals surface area contributed by atoms with Crippen LogP contribution in [0.4, 0.5) is 24.5 Å². The van der Waals surface area contributed by atoms with Crippen molar-refractivity contribution < 1.29 is 13.2 Å². The Kier molecular flexibility index (Phi) is 4.69. The van der Waals surface area contributed by atoms with Crippen LogP contribution in [-0.2, 0) is 6.18 Å². The zero-order chi connectivity index (χ0) is 17.5. The number of nitrogens with one attached hydrogen (secondary N) is 3. The topological polar surface area (TPSA) is 36.1 Å². The van der Waals surface area contributed by atoms with Crippen LogP contribution in [0.25, 0.3) is 0 Å². The molecule has 0 aliphatic carbocycles. The van der Waals surface area contributed by atoms with Crippen molar-refractivity contribution in [3.63, 3.8) is 0 Å². The first-order valence-corrected chi connectivity index (χ1v) is 8.74. The molecule has 2 aliphatic rings. The van der Waals surface area contributed by atoms with Gasteiger partial charge >= 0.3 is 6.18 Å². The quantitative estimate of drug-likeness (QED) is 0.758. The summed E-state index contributed by atoms with van der Waals surface area (Å²) in [5.74, 6) is 0.606. The molecule has 3 rings (SSSR count). The molecule has 1 unspecified atom stereocenters. The molecule has 3 atom stereocenters. The van der Waals surface area contributed by atoms with E-state index >= 15 is 0 Å². The number of anilines is 2. The molecule has 3 nitrogen and oxygen atoms in total. The molecule has 2 aliphatic heterocycles. The summed E-state index contributed by atoms with van der Waals surface area (Å²) in [5, 5.41) is 9.70. The number of alkyl halides is 3. The first-order valence-electron chi connectivity index (χ1n) is 8.74. The SMILES string of the molecule is CC(C)CC(C)Nc1cc2c(c(C(F)(F)F)c1)N[C@@H]1CCNC[C@H]21. The number of hydrogen-bond acceptors (Lipinski definition) is 3. The highest BCUT2D eigenvalue weighted by Crippen LogP contribution is 2.47. The second-order valence-corrected chi connectivity index (χ2v) is 7.51. The van der Waals surface area contributed by atoms with Crippen molar-refractivity contribution in [3.05, 3.63) is 23.3 Å². The zero-order valence-electron chi connectivity index (χ0n) is 14.4. The Morgan fingerprint density at radius 1 is 1.25 bits per heavy atom. The predicted octanol–water partition coefficient (Wildman–Crippen LogP) is 4.42. The smallest absolute Gasteiger partial charge is 0.383 e. The van der Waals surface area contributed by atoms with Crippen LogP contribution >= 0.6 is 0 Å². The van der Waals surface area contributed by atoms with Crippen molar-refractivity contribution in [3.8, 4) is 0 Å². The lowest BCUT2D eigenvalue weighted by molar-refractivity contribution is -0.136. The minimum Gasteiger partial charge on any atom is -0.383 e. The fourth-order valence-corrected chi connectivity index (χ4v) is 4.02. The van der Waals surface area contributed by atoms with Crippen LogP contribution in [0.3, 0.4) is 0 Å². The van der Waals surface area contributed by atoms with Crippen molar-refractivity contribution in [2.24, 2.45) is 5.92 Å². The van der Waals surface area contributed by atoms with Gasteiger partial charge in [0.25, 0.3) is 0 Å². The molecule has 0 saturated carbocycles. The fraction of sp³-hybridized carbons (Fsp3) is 0.667. The summed E-state index contributed by atoms with van der Waals surface area (Å²) in [6, 6.07) is 3.41. The number of fused-ring (bicyclic) bond motifs is 3. The van der Waals surface area contributed by atoms with Gasteiger partial charge in [-0.1, -0.05) is 13.8 Å². The molecule has 0 amide bonds. The standard InChI is InChI=1S/C18H26F3N3/c1-10(2)6-11(3)23-12-7-13-14-9-22-5-4-16(14)24-17(13)15(8-12)18(19,20)21/h7-8,10-11,14,16,22-24H,4-6,9H2,1-3H3/t11?,14-,16-/m1/s1. The number of hydrogen-bond donors (Lipinski definition) is 3. The molecule has 1 fully saturated rings. The number of benzene rings is 1. The zero-order valence-corrected chi connectivity index (χ0v) is 14.4. The molecule has 3 N–H and O–H groups in total. The summed E-state index contributed by atoms with van der Waals surface area (Å²) >= 11 is 0. The van der Waals surface area contributed by atoms with Crippen LogP contribution in [0.5, 0.6) is 0 Å². The second-order valence-electron chi connectivity index (χ2n) is 7.51. The van der Waals surface area contributed by atoms with Gasteiger partial charge in [-0.25, -0.2) is 0 Å². The van der Waals surface area contributed by atoms with E-state index in [0.29, 0.717) is 11.6 Å². The Bertz CT molecular complexity index is 598. The summed E-state index contributed by atoms with van der Waals surface area (Å²) in [7, 11) is 0. The molecule has 0 spiro atoms. The van der Waals surface area contributed by atoms with Gasteiger partial charge in [0.15, 0.2) is 0 Å². The van der Waals surface area contributed by atoms with Gasteiger partial charge in [-0.2, -0.15) is 13.2 Å². The van der Waals surface area contributed by atoms with Gasteiger partial charge in [0, 0.05) is 30.2 Å². The lowest BCUT2D eigenvalue weighted by atomic mass is 9.89. The molecule has 2 heterocycles. The van der Waals surface area contributed by atoms with Gasteiger partial charge in [-0.3, -0.25) is 0 Å². The molecule has 1 aromatic rings. The Balaban J connectivity index is 1.95. The predicted molar refractivity (Wildman–Crippen MR) is 91.6 cm³/mol. The Hall–Kier alpha value is -1.43. The Morgan fingerprint density at radius 3 is 2.67 bits per heavy atom. The number of halogens is 3.